The van der Waals surface area contributed by atoms with Crippen LogP contribution in [0.1, 0.15) is 23.2 Å². The largest absolute Gasteiger partial charge is 0.493 e. The monoisotopic (exact) mass is 418 g/mol. The summed E-state index contributed by atoms with van der Waals surface area (Å²) in [5.74, 6) is 0.248. The number of methoxy groups -OCH3 is 1. The van der Waals surface area contributed by atoms with Gasteiger partial charge >= 0.3 is 0 Å². The van der Waals surface area contributed by atoms with Crippen molar-refractivity contribution >= 4 is 27.9 Å². The number of sulfonamides is 1. The molecule has 1 N–H and O–H groups in total. The van der Waals surface area contributed by atoms with Crippen molar-refractivity contribution in [3.05, 3.63) is 48.0 Å². The second-order valence-electron chi connectivity index (χ2n) is 6.50. The fourth-order valence-corrected chi connectivity index (χ4v) is 4.52. The third-order valence-electron chi connectivity index (χ3n) is 4.52. The molecule has 29 heavy (non-hydrogen) atoms. The van der Waals surface area contributed by atoms with Crippen LogP contribution in [-0.4, -0.2) is 51.7 Å². The van der Waals surface area contributed by atoms with Crippen molar-refractivity contribution in [3.8, 4) is 11.5 Å². The van der Waals surface area contributed by atoms with Gasteiger partial charge in [-0.05, 0) is 55.3 Å². The number of nitrogens with zero attached hydrogens (tertiary/aromatic N) is 1. The van der Waals surface area contributed by atoms with Crippen LogP contribution in [0.4, 0.5) is 5.69 Å². The maximum Gasteiger partial charge on any atom is 0.262 e. The van der Waals surface area contributed by atoms with Gasteiger partial charge in [0.15, 0.2) is 18.1 Å². The van der Waals surface area contributed by atoms with Crippen LogP contribution in [-0.2, 0) is 14.8 Å². The van der Waals surface area contributed by atoms with E-state index in [1.807, 2.05) is 0 Å². The average molecular weight is 418 g/mol. The zero-order valence-corrected chi connectivity index (χ0v) is 16.8. The number of ether oxygens (including phenoxy) is 2. The van der Waals surface area contributed by atoms with Crippen molar-refractivity contribution in [1.29, 1.82) is 0 Å². The third-order valence-corrected chi connectivity index (χ3v) is 6.44. The van der Waals surface area contributed by atoms with Gasteiger partial charge in [-0.3, -0.25) is 9.59 Å². The molecule has 0 spiro atoms. The average Bonchev–Trinajstić information content (AvgIpc) is 3.28. The number of hydrogen-bond acceptors (Lipinski definition) is 6. The SMILES string of the molecule is COc1ccc(C=O)cc1OCC(=O)Nc1ccc(S(=O)(=O)N2CCCC2)cc1. The van der Waals surface area contributed by atoms with E-state index in [1.54, 1.807) is 12.1 Å². The summed E-state index contributed by atoms with van der Waals surface area (Å²) in [4.78, 5) is 23.3. The normalized spacial score (nSPS) is 14.4. The first-order chi connectivity index (χ1) is 13.9. The van der Waals surface area contributed by atoms with Crippen molar-refractivity contribution in [3.63, 3.8) is 0 Å². The molecule has 0 radical (unpaired) electrons. The third kappa shape index (κ3) is 4.93. The van der Waals surface area contributed by atoms with Gasteiger partial charge in [0.2, 0.25) is 10.0 Å². The molecule has 0 unspecified atom stereocenters. The smallest absolute Gasteiger partial charge is 0.262 e. The zero-order chi connectivity index (χ0) is 20.9. The van der Waals surface area contributed by atoms with Gasteiger partial charge in [0.25, 0.3) is 5.91 Å². The lowest BCUT2D eigenvalue weighted by molar-refractivity contribution is -0.118. The van der Waals surface area contributed by atoms with Crippen LogP contribution in [0.15, 0.2) is 47.4 Å². The Bertz CT molecular complexity index is 983. The molecule has 2 aromatic carbocycles. The molecular formula is C20H22N2O6S. The van der Waals surface area contributed by atoms with E-state index in [2.05, 4.69) is 5.32 Å². The Morgan fingerprint density at radius 3 is 2.41 bits per heavy atom. The highest BCUT2D eigenvalue weighted by atomic mass is 32.2. The molecule has 0 aliphatic carbocycles. The number of hydrogen-bond donors (Lipinski definition) is 1. The number of carbonyl (C=O) groups excluding carboxylic acids is 2. The Balaban J connectivity index is 1.61. The van der Waals surface area contributed by atoms with Gasteiger partial charge in [-0.25, -0.2) is 8.42 Å². The second kappa shape index (κ2) is 9.06. The van der Waals surface area contributed by atoms with Gasteiger partial charge in [-0.2, -0.15) is 4.31 Å². The lowest BCUT2D eigenvalue weighted by atomic mass is 10.2. The first-order valence-corrected chi connectivity index (χ1v) is 10.5. The van der Waals surface area contributed by atoms with Crippen molar-refractivity contribution < 1.29 is 27.5 Å². The van der Waals surface area contributed by atoms with Crippen LogP contribution >= 0.6 is 0 Å². The van der Waals surface area contributed by atoms with Gasteiger partial charge in [0.1, 0.15) is 6.29 Å². The topological polar surface area (TPSA) is 102 Å². The lowest BCUT2D eigenvalue weighted by Crippen LogP contribution is -2.27. The van der Waals surface area contributed by atoms with Crippen molar-refractivity contribution in [1.82, 2.24) is 4.31 Å². The summed E-state index contributed by atoms with van der Waals surface area (Å²) >= 11 is 0. The predicted molar refractivity (Wildman–Crippen MR) is 107 cm³/mol. The number of aldehydes is 1. The Morgan fingerprint density at radius 1 is 1.10 bits per heavy atom. The molecule has 0 atom stereocenters. The van der Waals surface area contributed by atoms with Gasteiger partial charge in [-0.15, -0.1) is 0 Å². The van der Waals surface area contributed by atoms with Crippen molar-refractivity contribution in [2.75, 3.05) is 32.1 Å². The van der Waals surface area contributed by atoms with Crippen molar-refractivity contribution in [2.24, 2.45) is 0 Å². The highest BCUT2D eigenvalue weighted by molar-refractivity contribution is 7.89. The Kier molecular flexibility index (Phi) is 6.50. The maximum absolute atomic E-state index is 12.5. The molecule has 1 amide bonds. The number of benzene rings is 2. The van der Waals surface area contributed by atoms with Gasteiger partial charge in [0.05, 0.1) is 12.0 Å². The second-order valence-corrected chi connectivity index (χ2v) is 8.44. The van der Waals surface area contributed by atoms with Crippen LogP contribution in [0.5, 0.6) is 11.5 Å². The van der Waals surface area contributed by atoms with E-state index in [4.69, 9.17) is 9.47 Å². The minimum atomic E-state index is -3.49. The molecule has 0 aromatic heterocycles. The number of rotatable bonds is 8. The molecule has 1 fully saturated rings. The number of nitrogens with one attached hydrogen (secondary N) is 1. The molecule has 1 aliphatic rings. The van der Waals surface area contributed by atoms with E-state index in [0.717, 1.165) is 12.8 Å². The number of amides is 1. The van der Waals surface area contributed by atoms with Crippen molar-refractivity contribution in [2.45, 2.75) is 17.7 Å². The molecule has 3 rings (SSSR count). The van der Waals surface area contributed by atoms with E-state index in [1.165, 1.54) is 41.7 Å². The molecular weight excluding hydrogens is 396 g/mol. The first kappa shape index (κ1) is 20.8. The van der Waals surface area contributed by atoms with Crippen LogP contribution in [0.3, 0.4) is 0 Å². The molecule has 154 valence electrons. The Labute approximate surface area is 169 Å². The summed E-state index contributed by atoms with van der Waals surface area (Å²) in [5.41, 5.74) is 0.851. The van der Waals surface area contributed by atoms with Gasteiger partial charge in [0, 0.05) is 24.3 Å². The predicted octanol–water partition coefficient (Wildman–Crippen LogP) is 2.31. The highest BCUT2D eigenvalue weighted by Gasteiger charge is 2.26. The zero-order valence-electron chi connectivity index (χ0n) is 16.0. The lowest BCUT2D eigenvalue weighted by Gasteiger charge is -2.15. The summed E-state index contributed by atoms with van der Waals surface area (Å²) in [5, 5.41) is 2.64. The Hall–Kier alpha value is -2.91. The maximum atomic E-state index is 12.5. The molecule has 1 heterocycles. The highest BCUT2D eigenvalue weighted by Crippen LogP contribution is 2.27. The number of carbonyl (C=O) groups is 2. The Morgan fingerprint density at radius 2 is 1.79 bits per heavy atom. The minimum Gasteiger partial charge on any atom is -0.493 e. The standard InChI is InChI=1S/C20H22N2O6S/c1-27-18-9-4-15(13-23)12-19(18)28-14-20(24)21-16-5-7-17(8-6-16)29(25,26)22-10-2-3-11-22/h4-9,12-13H,2-3,10-11,14H2,1H3,(H,21,24). The van der Waals surface area contributed by atoms with Crippen LogP contribution in [0.25, 0.3) is 0 Å². The molecule has 1 aliphatic heterocycles. The fraction of sp³-hybridized carbons (Fsp3) is 0.300. The molecule has 8 nitrogen and oxygen atoms in total. The number of anilines is 1. The first-order valence-electron chi connectivity index (χ1n) is 9.10. The summed E-state index contributed by atoms with van der Waals surface area (Å²) in [6, 6.07) is 10.7. The molecule has 0 bridgehead atoms. The van der Waals surface area contributed by atoms with E-state index in [-0.39, 0.29) is 17.3 Å². The summed E-state index contributed by atoms with van der Waals surface area (Å²) in [6.45, 7) is 0.770. The summed E-state index contributed by atoms with van der Waals surface area (Å²) < 4.78 is 37.1. The van der Waals surface area contributed by atoms with Crippen LogP contribution < -0.4 is 14.8 Å². The van der Waals surface area contributed by atoms with Crippen LogP contribution in [0.2, 0.25) is 0 Å². The summed E-state index contributed by atoms with van der Waals surface area (Å²) in [6.07, 6.45) is 2.41. The van der Waals surface area contributed by atoms with Gasteiger partial charge in [-0.1, -0.05) is 0 Å². The molecule has 0 saturated carbocycles. The molecule has 2 aromatic rings. The fourth-order valence-electron chi connectivity index (χ4n) is 3.01. The van der Waals surface area contributed by atoms with Crippen LogP contribution in [0, 0.1) is 0 Å². The van der Waals surface area contributed by atoms with Gasteiger partial charge < -0.3 is 14.8 Å². The van der Waals surface area contributed by atoms with E-state index < -0.39 is 15.9 Å². The quantitative estimate of drug-likeness (QED) is 0.660. The van der Waals surface area contributed by atoms with E-state index in [0.29, 0.717) is 36.4 Å². The molecule has 1 saturated heterocycles. The minimum absolute atomic E-state index is 0.198. The summed E-state index contributed by atoms with van der Waals surface area (Å²) in [7, 11) is -2.03. The van der Waals surface area contributed by atoms with E-state index >= 15 is 0 Å². The van der Waals surface area contributed by atoms with E-state index in [9.17, 15) is 18.0 Å². The molecule has 9 heteroatoms.